The third-order valence-corrected chi connectivity index (χ3v) is 3.53. The summed E-state index contributed by atoms with van der Waals surface area (Å²) < 4.78 is 23.8. The van der Waals surface area contributed by atoms with Crippen molar-refractivity contribution in [1.82, 2.24) is 0 Å². The summed E-state index contributed by atoms with van der Waals surface area (Å²) in [6.07, 6.45) is 0.797. The van der Waals surface area contributed by atoms with Crippen molar-refractivity contribution < 1.29 is 13.9 Å². The van der Waals surface area contributed by atoms with Gasteiger partial charge in [0.05, 0.1) is 0 Å². The van der Waals surface area contributed by atoms with E-state index in [0.29, 0.717) is 6.54 Å². The lowest BCUT2D eigenvalue weighted by atomic mass is 9.88. The van der Waals surface area contributed by atoms with Crippen molar-refractivity contribution in [1.29, 1.82) is 0 Å². The molecule has 0 fully saturated rings. The standard InChI is InChI=1S/C16H16FNO2/c17-13-4-1-11(2-5-13)14(7-8-18)12-3-6-15-16(9-12)20-10-19-15/h1-6,9,14H,7-8,10,18H2. The summed E-state index contributed by atoms with van der Waals surface area (Å²) in [7, 11) is 0. The van der Waals surface area contributed by atoms with Gasteiger partial charge < -0.3 is 15.2 Å². The molecule has 2 N–H and O–H groups in total. The van der Waals surface area contributed by atoms with Crippen LogP contribution in [0.2, 0.25) is 0 Å². The molecule has 0 saturated heterocycles. The second-order valence-electron chi connectivity index (χ2n) is 4.79. The van der Waals surface area contributed by atoms with Gasteiger partial charge in [-0.05, 0) is 48.4 Å². The Bertz CT molecular complexity index is 598. The van der Waals surface area contributed by atoms with Crippen LogP contribution in [0.5, 0.6) is 11.5 Å². The Kier molecular flexibility index (Phi) is 3.56. The van der Waals surface area contributed by atoms with Gasteiger partial charge in [-0.25, -0.2) is 4.39 Å². The average molecular weight is 273 g/mol. The Balaban J connectivity index is 1.95. The number of nitrogens with two attached hydrogens (primary N) is 1. The molecule has 1 heterocycles. The van der Waals surface area contributed by atoms with E-state index in [1.807, 2.05) is 18.2 Å². The lowest BCUT2D eigenvalue weighted by Crippen LogP contribution is -2.09. The van der Waals surface area contributed by atoms with Crippen LogP contribution < -0.4 is 15.2 Å². The Labute approximate surface area is 117 Å². The van der Waals surface area contributed by atoms with Crippen molar-refractivity contribution in [2.45, 2.75) is 12.3 Å². The van der Waals surface area contributed by atoms with Crippen LogP contribution >= 0.6 is 0 Å². The molecule has 2 aromatic rings. The molecule has 0 saturated carbocycles. The van der Waals surface area contributed by atoms with Gasteiger partial charge in [-0.2, -0.15) is 0 Å². The Morgan fingerprint density at radius 3 is 2.45 bits per heavy atom. The number of ether oxygens (including phenoxy) is 2. The topological polar surface area (TPSA) is 44.5 Å². The molecule has 1 aliphatic heterocycles. The van der Waals surface area contributed by atoms with Crippen molar-refractivity contribution >= 4 is 0 Å². The normalized spacial score (nSPS) is 14.3. The van der Waals surface area contributed by atoms with Gasteiger partial charge >= 0.3 is 0 Å². The molecule has 0 radical (unpaired) electrons. The first-order chi connectivity index (χ1) is 9.78. The number of halogens is 1. The Morgan fingerprint density at radius 1 is 1.00 bits per heavy atom. The van der Waals surface area contributed by atoms with Crippen LogP contribution in [0.1, 0.15) is 23.5 Å². The molecule has 0 amide bonds. The molecule has 0 spiro atoms. The zero-order valence-corrected chi connectivity index (χ0v) is 11.0. The summed E-state index contributed by atoms with van der Waals surface area (Å²) in [5, 5.41) is 0. The van der Waals surface area contributed by atoms with Crippen LogP contribution in [0.25, 0.3) is 0 Å². The lowest BCUT2D eigenvalue weighted by molar-refractivity contribution is 0.174. The van der Waals surface area contributed by atoms with Crippen molar-refractivity contribution in [2.24, 2.45) is 5.73 Å². The number of hydrogen-bond donors (Lipinski definition) is 1. The SMILES string of the molecule is NCCC(c1ccc(F)cc1)c1ccc2c(c1)OCO2. The Morgan fingerprint density at radius 2 is 1.70 bits per heavy atom. The van der Waals surface area contributed by atoms with E-state index in [1.54, 1.807) is 12.1 Å². The second kappa shape index (κ2) is 5.51. The fourth-order valence-corrected chi connectivity index (χ4v) is 2.52. The van der Waals surface area contributed by atoms with Crippen LogP contribution in [-0.2, 0) is 0 Å². The van der Waals surface area contributed by atoms with Gasteiger partial charge in [0.15, 0.2) is 11.5 Å². The predicted octanol–water partition coefficient (Wildman–Crippen LogP) is 3.04. The molecule has 0 aliphatic carbocycles. The zero-order chi connectivity index (χ0) is 13.9. The molecular formula is C16H16FNO2. The zero-order valence-electron chi connectivity index (χ0n) is 11.0. The molecule has 1 unspecified atom stereocenters. The highest BCUT2D eigenvalue weighted by molar-refractivity contribution is 5.47. The minimum Gasteiger partial charge on any atom is -0.454 e. The molecule has 1 atom stereocenters. The average Bonchev–Trinajstić information content (AvgIpc) is 2.93. The molecule has 0 bridgehead atoms. The number of fused-ring (bicyclic) bond motifs is 1. The van der Waals surface area contributed by atoms with E-state index in [1.165, 1.54) is 12.1 Å². The van der Waals surface area contributed by atoms with Crippen LogP contribution in [-0.4, -0.2) is 13.3 Å². The molecule has 0 aromatic heterocycles. The van der Waals surface area contributed by atoms with E-state index in [2.05, 4.69) is 0 Å². The first-order valence-electron chi connectivity index (χ1n) is 6.63. The maximum absolute atomic E-state index is 13.1. The molecule has 3 nitrogen and oxygen atoms in total. The summed E-state index contributed by atoms with van der Waals surface area (Å²) in [6, 6.07) is 12.5. The van der Waals surface area contributed by atoms with Gasteiger partial charge in [-0.15, -0.1) is 0 Å². The van der Waals surface area contributed by atoms with Gasteiger partial charge in [-0.3, -0.25) is 0 Å². The van der Waals surface area contributed by atoms with E-state index in [9.17, 15) is 4.39 Å². The fourth-order valence-electron chi connectivity index (χ4n) is 2.52. The third-order valence-electron chi connectivity index (χ3n) is 3.53. The van der Waals surface area contributed by atoms with Gasteiger partial charge in [0.1, 0.15) is 5.82 Å². The van der Waals surface area contributed by atoms with Crippen LogP contribution in [0.3, 0.4) is 0 Å². The molecule has 104 valence electrons. The van der Waals surface area contributed by atoms with Crippen molar-refractivity contribution in [3.8, 4) is 11.5 Å². The first-order valence-corrected chi connectivity index (χ1v) is 6.63. The molecular weight excluding hydrogens is 257 g/mol. The fraction of sp³-hybridized carbons (Fsp3) is 0.250. The van der Waals surface area contributed by atoms with E-state index in [0.717, 1.165) is 29.0 Å². The minimum absolute atomic E-state index is 0.134. The first kappa shape index (κ1) is 12.9. The van der Waals surface area contributed by atoms with E-state index < -0.39 is 0 Å². The number of rotatable bonds is 4. The summed E-state index contributed by atoms with van der Waals surface area (Å²) in [5.41, 5.74) is 7.87. The molecule has 20 heavy (non-hydrogen) atoms. The van der Waals surface area contributed by atoms with E-state index in [4.69, 9.17) is 15.2 Å². The van der Waals surface area contributed by atoms with E-state index in [-0.39, 0.29) is 18.5 Å². The van der Waals surface area contributed by atoms with Crippen molar-refractivity contribution in [3.63, 3.8) is 0 Å². The highest BCUT2D eigenvalue weighted by Gasteiger charge is 2.19. The smallest absolute Gasteiger partial charge is 0.231 e. The van der Waals surface area contributed by atoms with Crippen molar-refractivity contribution in [2.75, 3.05) is 13.3 Å². The van der Waals surface area contributed by atoms with E-state index >= 15 is 0 Å². The number of hydrogen-bond acceptors (Lipinski definition) is 3. The minimum atomic E-state index is -0.231. The molecule has 4 heteroatoms. The van der Waals surface area contributed by atoms with Gasteiger partial charge in [0.25, 0.3) is 0 Å². The third kappa shape index (κ3) is 2.47. The largest absolute Gasteiger partial charge is 0.454 e. The van der Waals surface area contributed by atoms with Gasteiger partial charge in [0.2, 0.25) is 6.79 Å². The molecule has 1 aliphatic rings. The predicted molar refractivity (Wildman–Crippen MR) is 74.5 cm³/mol. The molecule has 2 aromatic carbocycles. The maximum atomic E-state index is 13.1. The summed E-state index contributed by atoms with van der Waals surface area (Å²) in [4.78, 5) is 0. The van der Waals surface area contributed by atoms with Crippen LogP contribution in [0.4, 0.5) is 4.39 Å². The summed E-state index contributed by atoms with van der Waals surface area (Å²) >= 11 is 0. The maximum Gasteiger partial charge on any atom is 0.231 e. The highest BCUT2D eigenvalue weighted by atomic mass is 19.1. The summed E-state index contributed by atoms with van der Waals surface area (Å²) in [6.45, 7) is 0.827. The van der Waals surface area contributed by atoms with Gasteiger partial charge in [0, 0.05) is 5.92 Å². The van der Waals surface area contributed by atoms with Gasteiger partial charge in [-0.1, -0.05) is 18.2 Å². The quantitative estimate of drug-likeness (QED) is 0.931. The van der Waals surface area contributed by atoms with Crippen LogP contribution in [0.15, 0.2) is 42.5 Å². The molecule has 3 rings (SSSR count). The Hall–Kier alpha value is -2.07. The number of benzene rings is 2. The second-order valence-corrected chi connectivity index (χ2v) is 4.79. The monoisotopic (exact) mass is 273 g/mol. The summed E-state index contributed by atoms with van der Waals surface area (Å²) in [5.74, 6) is 1.42. The van der Waals surface area contributed by atoms with Crippen molar-refractivity contribution in [3.05, 3.63) is 59.4 Å². The highest BCUT2D eigenvalue weighted by Crippen LogP contribution is 2.37. The lowest BCUT2D eigenvalue weighted by Gasteiger charge is -2.17. The van der Waals surface area contributed by atoms with Crippen LogP contribution in [0, 0.1) is 5.82 Å².